The third kappa shape index (κ3) is 3.15. The van der Waals surface area contributed by atoms with Gasteiger partial charge in [-0.3, -0.25) is 0 Å². The summed E-state index contributed by atoms with van der Waals surface area (Å²) in [7, 11) is 0. The molecule has 0 spiro atoms. The maximum Gasteiger partial charge on any atom is 0.184 e. The van der Waals surface area contributed by atoms with Crippen LogP contribution in [0, 0.1) is 11.8 Å². The molecular formula is C17H24N2OS. The molecule has 1 N–H and O–H groups in total. The lowest BCUT2D eigenvalue weighted by atomic mass is 9.78. The molecule has 114 valence electrons. The zero-order valence-corrected chi connectivity index (χ0v) is 13.9. The van der Waals surface area contributed by atoms with Crippen LogP contribution in [-0.2, 0) is 0 Å². The average Bonchev–Trinajstić information content (AvgIpc) is 2.86. The van der Waals surface area contributed by atoms with Crippen molar-refractivity contribution >= 4 is 26.7 Å². The maximum absolute atomic E-state index is 5.56. The average molecular weight is 304 g/mol. The zero-order valence-electron chi connectivity index (χ0n) is 13.1. The van der Waals surface area contributed by atoms with Crippen molar-refractivity contribution < 1.29 is 4.74 Å². The summed E-state index contributed by atoms with van der Waals surface area (Å²) in [6.45, 7) is 7.44. The minimum atomic E-state index is 0.556. The van der Waals surface area contributed by atoms with Crippen molar-refractivity contribution in [2.75, 3.05) is 11.9 Å². The van der Waals surface area contributed by atoms with Crippen molar-refractivity contribution in [3.8, 4) is 5.75 Å². The molecule has 1 heterocycles. The van der Waals surface area contributed by atoms with Crippen LogP contribution in [0.1, 0.15) is 40.0 Å². The third-order valence-electron chi connectivity index (χ3n) is 4.69. The van der Waals surface area contributed by atoms with Crippen LogP contribution in [-0.4, -0.2) is 17.6 Å². The Morgan fingerprint density at radius 2 is 2.19 bits per heavy atom. The fourth-order valence-corrected chi connectivity index (χ4v) is 4.12. The van der Waals surface area contributed by atoms with E-state index >= 15 is 0 Å². The van der Waals surface area contributed by atoms with E-state index in [-0.39, 0.29) is 0 Å². The maximum atomic E-state index is 5.56. The number of hydrogen-bond donors (Lipinski definition) is 1. The van der Waals surface area contributed by atoms with Crippen LogP contribution in [0.3, 0.4) is 0 Å². The van der Waals surface area contributed by atoms with Gasteiger partial charge in [-0.15, -0.1) is 0 Å². The van der Waals surface area contributed by atoms with Gasteiger partial charge in [0.05, 0.1) is 16.8 Å². The monoisotopic (exact) mass is 304 g/mol. The van der Waals surface area contributed by atoms with Gasteiger partial charge in [0, 0.05) is 6.04 Å². The van der Waals surface area contributed by atoms with Crippen LogP contribution in [0.15, 0.2) is 18.2 Å². The summed E-state index contributed by atoms with van der Waals surface area (Å²) < 4.78 is 6.76. The largest absolute Gasteiger partial charge is 0.494 e. The van der Waals surface area contributed by atoms with E-state index in [1.165, 1.54) is 24.0 Å². The molecule has 1 aliphatic rings. The Morgan fingerprint density at radius 3 is 3.00 bits per heavy atom. The second kappa shape index (κ2) is 6.22. The Balaban J connectivity index is 1.77. The highest BCUT2D eigenvalue weighted by Gasteiger charge is 2.27. The van der Waals surface area contributed by atoms with Crippen LogP contribution in [0.2, 0.25) is 0 Å². The van der Waals surface area contributed by atoms with Crippen molar-refractivity contribution in [1.29, 1.82) is 0 Å². The van der Waals surface area contributed by atoms with E-state index in [4.69, 9.17) is 9.72 Å². The van der Waals surface area contributed by atoms with Crippen LogP contribution in [0.5, 0.6) is 5.75 Å². The molecule has 0 radical (unpaired) electrons. The van der Waals surface area contributed by atoms with Gasteiger partial charge in [0.15, 0.2) is 5.13 Å². The minimum absolute atomic E-state index is 0.556. The predicted molar refractivity (Wildman–Crippen MR) is 90.4 cm³/mol. The molecule has 0 bridgehead atoms. The SMILES string of the molecule is CCOc1ccc2nc(NC3CCCC(C)C3C)sc2c1. The van der Waals surface area contributed by atoms with Gasteiger partial charge >= 0.3 is 0 Å². The summed E-state index contributed by atoms with van der Waals surface area (Å²) in [5.74, 6) is 2.44. The molecule has 1 aliphatic carbocycles. The molecule has 3 nitrogen and oxygen atoms in total. The van der Waals surface area contributed by atoms with E-state index in [0.29, 0.717) is 18.6 Å². The molecule has 0 aliphatic heterocycles. The normalized spacial score (nSPS) is 26.0. The van der Waals surface area contributed by atoms with Gasteiger partial charge in [0.2, 0.25) is 0 Å². The fourth-order valence-electron chi connectivity index (χ4n) is 3.17. The number of thiazole rings is 1. The quantitative estimate of drug-likeness (QED) is 0.869. The Kier molecular flexibility index (Phi) is 4.34. The lowest BCUT2D eigenvalue weighted by molar-refractivity contribution is 0.253. The molecule has 3 rings (SSSR count). The van der Waals surface area contributed by atoms with Crippen LogP contribution < -0.4 is 10.1 Å². The summed E-state index contributed by atoms with van der Waals surface area (Å²) in [5, 5.41) is 4.71. The third-order valence-corrected chi connectivity index (χ3v) is 5.64. The molecule has 3 atom stereocenters. The molecule has 4 heteroatoms. The summed E-state index contributed by atoms with van der Waals surface area (Å²) in [6, 6.07) is 6.70. The van der Waals surface area contributed by atoms with Crippen LogP contribution >= 0.6 is 11.3 Å². The summed E-state index contributed by atoms with van der Waals surface area (Å²) >= 11 is 1.73. The molecule has 1 aromatic heterocycles. The second-order valence-corrected chi connectivity index (χ2v) is 7.13. The van der Waals surface area contributed by atoms with Crippen LogP contribution in [0.25, 0.3) is 10.2 Å². The van der Waals surface area contributed by atoms with E-state index in [0.717, 1.165) is 22.3 Å². The van der Waals surface area contributed by atoms with Crippen molar-refractivity contribution in [3.63, 3.8) is 0 Å². The first-order chi connectivity index (χ1) is 10.2. The number of nitrogens with zero attached hydrogens (tertiary/aromatic N) is 1. The summed E-state index contributed by atoms with van der Waals surface area (Å²) in [5.41, 5.74) is 1.06. The highest BCUT2D eigenvalue weighted by molar-refractivity contribution is 7.22. The molecule has 1 fully saturated rings. The van der Waals surface area contributed by atoms with Gasteiger partial charge in [0.25, 0.3) is 0 Å². The first-order valence-electron chi connectivity index (χ1n) is 7.97. The highest BCUT2D eigenvalue weighted by atomic mass is 32.1. The molecule has 1 saturated carbocycles. The van der Waals surface area contributed by atoms with Crippen molar-refractivity contribution in [2.45, 2.75) is 46.1 Å². The Morgan fingerprint density at radius 1 is 1.33 bits per heavy atom. The Bertz CT molecular complexity index is 610. The van der Waals surface area contributed by atoms with Gasteiger partial charge in [0.1, 0.15) is 5.75 Å². The van der Waals surface area contributed by atoms with Gasteiger partial charge in [-0.25, -0.2) is 4.98 Å². The molecule has 21 heavy (non-hydrogen) atoms. The van der Waals surface area contributed by atoms with Gasteiger partial charge in [-0.1, -0.05) is 38.0 Å². The smallest absolute Gasteiger partial charge is 0.184 e. The van der Waals surface area contributed by atoms with E-state index in [9.17, 15) is 0 Å². The molecular weight excluding hydrogens is 280 g/mol. The van der Waals surface area contributed by atoms with Gasteiger partial charge in [-0.05, 0) is 43.4 Å². The number of rotatable bonds is 4. The van der Waals surface area contributed by atoms with E-state index in [2.05, 4.69) is 31.3 Å². The predicted octanol–water partition coefficient (Wildman–Crippen LogP) is 4.93. The first kappa shape index (κ1) is 14.6. The van der Waals surface area contributed by atoms with E-state index in [1.54, 1.807) is 11.3 Å². The number of ether oxygens (including phenoxy) is 1. The number of anilines is 1. The minimum Gasteiger partial charge on any atom is -0.494 e. The number of aromatic nitrogens is 1. The topological polar surface area (TPSA) is 34.1 Å². The zero-order chi connectivity index (χ0) is 14.8. The molecule has 2 aromatic rings. The standard InChI is InChI=1S/C17H24N2OS/c1-4-20-13-8-9-15-16(10-13)21-17(19-15)18-14-7-5-6-11(2)12(14)3/h8-12,14H,4-7H2,1-3H3,(H,18,19). The van der Waals surface area contributed by atoms with Gasteiger partial charge < -0.3 is 10.1 Å². The first-order valence-corrected chi connectivity index (χ1v) is 8.79. The molecule has 3 unspecified atom stereocenters. The molecule has 0 saturated heterocycles. The number of hydrogen-bond acceptors (Lipinski definition) is 4. The lowest BCUT2D eigenvalue weighted by Crippen LogP contribution is -2.34. The van der Waals surface area contributed by atoms with E-state index < -0.39 is 0 Å². The Labute approximate surface area is 130 Å². The van der Waals surface area contributed by atoms with Crippen molar-refractivity contribution in [3.05, 3.63) is 18.2 Å². The van der Waals surface area contributed by atoms with E-state index in [1.807, 2.05) is 13.0 Å². The van der Waals surface area contributed by atoms with Gasteiger partial charge in [-0.2, -0.15) is 0 Å². The highest BCUT2D eigenvalue weighted by Crippen LogP contribution is 2.34. The fraction of sp³-hybridized carbons (Fsp3) is 0.588. The molecule has 0 amide bonds. The summed E-state index contributed by atoms with van der Waals surface area (Å²) in [6.07, 6.45) is 3.94. The Hall–Kier alpha value is -1.29. The van der Waals surface area contributed by atoms with Crippen LogP contribution in [0.4, 0.5) is 5.13 Å². The summed E-state index contributed by atoms with van der Waals surface area (Å²) in [4.78, 5) is 4.72. The lowest BCUT2D eigenvalue weighted by Gasteiger charge is -2.34. The number of benzene rings is 1. The van der Waals surface area contributed by atoms with Crippen molar-refractivity contribution in [1.82, 2.24) is 4.98 Å². The second-order valence-electron chi connectivity index (χ2n) is 6.10. The molecule has 1 aromatic carbocycles. The number of fused-ring (bicyclic) bond motifs is 1. The van der Waals surface area contributed by atoms with Crippen molar-refractivity contribution in [2.24, 2.45) is 11.8 Å². The number of nitrogens with one attached hydrogen (secondary N) is 1.